The average molecular weight is 376 g/mol. The topological polar surface area (TPSA) is 72.2 Å². The molecule has 0 bridgehead atoms. The summed E-state index contributed by atoms with van der Waals surface area (Å²) in [6, 6.07) is 4.89. The van der Waals surface area contributed by atoms with Gasteiger partial charge in [-0.25, -0.2) is 13.1 Å². The van der Waals surface area contributed by atoms with Crippen molar-refractivity contribution in [3.63, 3.8) is 0 Å². The Bertz CT molecular complexity index is 512. The van der Waals surface area contributed by atoms with Crippen LogP contribution < -0.4 is 10.5 Å². The van der Waals surface area contributed by atoms with Gasteiger partial charge in [0.15, 0.2) is 0 Å². The van der Waals surface area contributed by atoms with E-state index in [2.05, 4.69) is 20.7 Å². The van der Waals surface area contributed by atoms with Crippen molar-refractivity contribution in [2.24, 2.45) is 5.73 Å². The van der Waals surface area contributed by atoms with Crippen LogP contribution in [0.15, 0.2) is 27.6 Å². The summed E-state index contributed by atoms with van der Waals surface area (Å²) >= 11 is 9.11. The fourth-order valence-electron chi connectivity index (χ4n) is 1.78. The molecule has 0 heterocycles. The summed E-state index contributed by atoms with van der Waals surface area (Å²) in [5, 5.41) is 0.204. The summed E-state index contributed by atoms with van der Waals surface area (Å²) in [5.74, 6) is 0. The van der Waals surface area contributed by atoms with E-state index in [-0.39, 0.29) is 34.4 Å². The molecule has 0 aromatic heterocycles. The van der Waals surface area contributed by atoms with Crippen LogP contribution in [0.1, 0.15) is 12.8 Å². The van der Waals surface area contributed by atoms with Gasteiger partial charge in [-0.05, 0) is 40.9 Å². The van der Waals surface area contributed by atoms with E-state index < -0.39 is 10.0 Å². The zero-order chi connectivity index (χ0) is 12.6. The smallest absolute Gasteiger partial charge is 0.243 e. The molecule has 1 aliphatic carbocycles. The van der Waals surface area contributed by atoms with Gasteiger partial charge in [-0.1, -0.05) is 17.7 Å². The number of rotatable bonds is 3. The third-order valence-corrected chi connectivity index (χ3v) is 5.66. The second-order valence-electron chi connectivity index (χ2n) is 4.10. The van der Waals surface area contributed by atoms with Crippen LogP contribution in [0.4, 0.5) is 0 Å². The van der Waals surface area contributed by atoms with Gasteiger partial charge in [0.2, 0.25) is 10.0 Å². The zero-order valence-corrected chi connectivity index (χ0v) is 13.2. The van der Waals surface area contributed by atoms with Crippen molar-refractivity contribution in [2.75, 3.05) is 0 Å². The van der Waals surface area contributed by atoms with E-state index in [0.717, 1.165) is 0 Å². The predicted molar refractivity (Wildman–Crippen MR) is 77.7 cm³/mol. The van der Waals surface area contributed by atoms with Crippen molar-refractivity contribution in [1.82, 2.24) is 4.72 Å². The minimum atomic E-state index is -3.59. The summed E-state index contributed by atoms with van der Waals surface area (Å²) in [7, 11) is -3.59. The number of nitrogens with one attached hydrogen (secondary N) is 1. The molecule has 1 aromatic rings. The molecule has 0 spiro atoms. The fourth-order valence-corrected chi connectivity index (χ4v) is 4.77. The van der Waals surface area contributed by atoms with E-state index in [1.54, 1.807) is 18.2 Å². The van der Waals surface area contributed by atoms with Gasteiger partial charge in [-0.3, -0.25) is 0 Å². The highest BCUT2D eigenvalue weighted by molar-refractivity contribution is 9.10. The number of hydrogen-bond donors (Lipinski definition) is 2. The maximum atomic E-state index is 12.1. The van der Waals surface area contributed by atoms with Crippen LogP contribution in [0.2, 0.25) is 5.02 Å². The standard InChI is InChI=1S/C10H12BrClN2O2S.ClH/c11-8-2-1-3-9(12)10(8)17(15,16)14-7-4-6(13)5-7;/h1-3,6-7,14H,4-5,13H2;1H. The molecule has 1 aliphatic rings. The van der Waals surface area contributed by atoms with E-state index in [4.69, 9.17) is 17.3 Å². The molecule has 0 atom stereocenters. The number of sulfonamides is 1. The largest absolute Gasteiger partial charge is 0.328 e. The second kappa shape index (κ2) is 6.07. The number of nitrogens with two attached hydrogens (primary N) is 1. The van der Waals surface area contributed by atoms with E-state index in [9.17, 15) is 8.42 Å². The molecule has 18 heavy (non-hydrogen) atoms. The van der Waals surface area contributed by atoms with Crippen LogP contribution in [-0.2, 0) is 10.0 Å². The molecular formula is C10H13BrCl2N2O2S. The molecule has 3 N–H and O–H groups in total. The highest BCUT2D eigenvalue weighted by Crippen LogP contribution is 2.30. The second-order valence-corrected chi connectivity index (χ2v) is 7.01. The Balaban J connectivity index is 0.00000162. The lowest BCUT2D eigenvalue weighted by atomic mass is 9.89. The first-order valence-corrected chi connectivity index (χ1v) is 7.77. The van der Waals surface area contributed by atoms with Gasteiger partial charge in [0, 0.05) is 16.6 Å². The minimum Gasteiger partial charge on any atom is -0.328 e. The van der Waals surface area contributed by atoms with Crippen molar-refractivity contribution in [3.8, 4) is 0 Å². The minimum absolute atomic E-state index is 0. The SMILES string of the molecule is Cl.NC1CC(NS(=O)(=O)c2c(Cl)cccc2Br)C1. The lowest BCUT2D eigenvalue weighted by Crippen LogP contribution is -2.50. The molecule has 0 unspecified atom stereocenters. The van der Waals surface area contributed by atoms with Crippen LogP contribution >= 0.6 is 39.9 Å². The molecule has 4 nitrogen and oxygen atoms in total. The van der Waals surface area contributed by atoms with E-state index in [1.165, 1.54) is 0 Å². The molecular weight excluding hydrogens is 363 g/mol. The Labute approximate surface area is 126 Å². The fraction of sp³-hybridized carbons (Fsp3) is 0.400. The van der Waals surface area contributed by atoms with Gasteiger partial charge >= 0.3 is 0 Å². The number of halogens is 3. The van der Waals surface area contributed by atoms with Crippen LogP contribution in [-0.4, -0.2) is 20.5 Å². The first-order chi connectivity index (χ1) is 7.90. The zero-order valence-electron chi connectivity index (χ0n) is 9.27. The predicted octanol–water partition coefficient (Wildman–Crippen LogP) is 2.29. The van der Waals surface area contributed by atoms with Gasteiger partial charge < -0.3 is 5.73 Å². The maximum Gasteiger partial charge on any atom is 0.243 e. The van der Waals surface area contributed by atoms with Crippen molar-refractivity contribution >= 4 is 50.0 Å². The van der Waals surface area contributed by atoms with Crippen LogP contribution in [0.5, 0.6) is 0 Å². The lowest BCUT2D eigenvalue weighted by Gasteiger charge is -2.32. The molecule has 8 heteroatoms. The first kappa shape index (κ1) is 16.2. The summed E-state index contributed by atoms with van der Waals surface area (Å²) < 4.78 is 27.3. The average Bonchev–Trinajstić information content (AvgIpc) is 2.14. The van der Waals surface area contributed by atoms with Gasteiger partial charge in [0.1, 0.15) is 4.90 Å². The Morgan fingerprint density at radius 1 is 1.39 bits per heavy atom. The Morgan fingerprint density at radius 2 is 2.00 bits per heavy atom. The van der Waals surface area contributed by atoms with Crippen molar-refractivity contribution in [1.29, 1.82) is 0 Å². The molecule has 0 saturated heterocycles. The van der Waals surface area contributed by atoms with Gasteiger partial charge in [-0.2, -0.15) is 0 Å². The molecule has 0 amide bonds. The number of hydrogen-bond acceptors (Lipinski definition) is 3. The molecule has 1 aromatic carbocycles. The molecule has 0 radical (unpaired) electrons. The maximum absolute atomic E-state index is 12.1. The monoisotopic (exact) mass is 374 g/mol. The Morgan fingerprint density at radius 3 is 2.50 bits per heavy atom. The Kier molecular flexibility index (Phi) is 5.46. The van der Waals surface area contributed by atoms with Crippen LogP contribution in [0.3, 0.4) is 0 Å². The third-order valence-electron chi connectivity index (χ3n) is 2.68. The molecule has 1 fully saturated rings. The summed E-state index contributed by atoms with van der Waals surface area (Å²) in [4.78, 5) is 0.0853. The molecule has 2 rings (SSSR count). The quantitative estimate of drug-likeness (QED) is 0.851. The third kappa shape index (κ3) is 3.37. The van der Waals surface area contributed by atoms with E-state index >= 15 is 0 Å². The molecule has 102 valence electrons. The highest BCUT2D eigenvalue weighted by Gasteiger charge is 2.31. The van der Waals surface area contributed by atoms with E-state index in [0.29, 0.717) is 17.3 Å². The van der Waals surface area contributed by atoms with Crippen molar-refractivity contribution in [2.45, 2.75) is 29.8 Å². The Hall–Kier alpha value is 0.150. The summed E-state index contributed by atoms with van der Waals surface area (Å²) in [5.41, 5.74) is 5.62. The first-order valence-electron chi connectivity index (χ1n) is 5.12. The summed E-state index contributed by atoms with van der Waals surface area (Å²) in [6.45, 7) is 0. The van der Waals surface area contributed by atoms with E-state index in [1.807, 2.05) is 0 Å². The van der Waals surface area contributed by atoms with Crippen molar-refractivity contribution < 1.29 is 8.42 Å². The normalized spacial score (nSPS) is 23.1. The van der Waals surface area contributed by atoms with Gasteiger partial charge in [0.25, 0.3) is 0 Å². The van der Waals surface area contributed by atoms with Gasteiger partial charge in [0.05, 0.1) is 5.02 Å². The van der Waals surface area contributed by atoms with Crippen LogP contribution in [0.25, 0.3) is 0 Å². The van der Waals surface area contributed by atoms with Gasteiger partial charge in [-0.15, -0.1) is 12.4 Å². The van der Waals surface area contributed by atoms with Crippen LogP contribution in [0, 0.1) is 0 Å². The molecule has 0 aliphatic heterocycles. The molecule has 1 saturated carbocycles. The van der Waals surface area contributed by atoms with Crippen molar-refractivity contribution in [3.05, 3.63) is 27.7 Å². The highest BCUT2D eigenvalue weighted by atomic mass is 79.9. The number of benzene rings is 1. The summed E-state index contributed by atoms with van der Waals surface area (Å²) in [6.07, 6.45) is 1.34. The lowest BCUT2D eigenvalue weighted by molar-refractivity contribution is 0.327.